The van der Waals surface area contributed by atoms with Crippen molar-refractivity contribution in [2.24, 2.45) is 0 Å². The van der Waals surface area contributed by atoms with Crippen LogP contribution in [-0.2, 0) is 6.42 Å². The van der Waals surface area contributed by atoms with Crippen molar-refractivity contribution in [3.8, 4) is 11.5 Å². The number of benzene rings is 1. The number of aromatic nitrogens is 2. The molecular weight excluding hydrogens is 220 g/mol. The van der Waals surface area contributed by atoms with Gasteiger partial charge in [0.2, 0.25) is 0 Å². The number of methoxy groups -OCH3 is 2. The minimum absolute atomic E-state index is 0.177. The first kappa shape index (κ1) is 11.4. The normalized spacial score (nSPS) is 10.5. The van der Waals surface area contributed by atoms with Crippen LogP contribution in [-0.4, -0.2) is 24.2 Å². The van der Waals surface area contributed by atoms with E-state index in [2.05, 4.69) is 9.97 Å². The van der Waals surface area contributed by atoms with E-state index in [-0.39, 0.29) is 5.56 Å². The molecule has 0 bridgehead atoms. The Balaban J connectivity index is 2.84. The molecule has 5 nitrogen and oxygen atoms in total. The van der Waals surface area contributed by atoms with Crippen LogP contribution in [0.1, 0.15) is 12.7 Å². The van der Waals surface area contributed by atoms with Gasteiger partial charge in [0.25, 0.3) is 5.56 Å². The summed E-state index contributed by atoms with van der Waals surface area (Å²) in [6, 6.07) is 3.37. The standard InChI is InChI=1S/C12H14N2O3/c1-4-10-13-11-8(12(15)14-10)5-7(16-2)6-9(11)17-3/h5-6H,4H2,1-3H3,(H,13,14,15). The minimum atomic E-state index is -0.177. The molecule has 5 heteroatoms. The second-order valence-corrected chi connectivity index (χ2v) is 3.59. The summed E-state index contributed by atoms with van der Waals surface area (Å²) < 4.78 is 10.3. The predicted molar refractivity (Wildman–Crippen MR) is 64.8 cm³/mol. The molecule has 0 saturated carbocycles. The zero-order valence-corrected chi connectivity index (χ0v) is 10.0. The number of ether oxygens (including phenoxy) is 2. The molecule has 1 heterocycles. The van der Waals surface area contributed by atoms with Gasteiger partial charge in [-0.1, -0.05) is 6.92 Å². The van der Waals surface area contributed by atoms with Gasteiger partial charge in [0.1, 0.15) is 22.8 Å². The van der Waals surface area contributed by atoms with Crippen molar-refractivity contribution in [1.82, 2.24) is 9.97 Å². The fourth-order valence-corrected chi connectivity index (χ4v) is 1.67. The predicted octanol–water partition coefficient (Wildman–Crippen LogP) is 1.50. The van der Waals surface area contributed by atoms with Gasteiger partial charge in [-0.25, -0.2) is 4.98 Å². The van der Waals surface area contributed by atoms with Crippen molar-refractivity contribution in [1.29, 1.82) is 0 Å². The van der Waals surface area contributed by atoms with Crippen LogP contribution in [0, 0.1) is 0 Å². The van der Waals surface area contributed by atoms with Gasteiger partial charge in [-0.15, -0.1) is 0 Å². The summed E-state index contributed by atoms with van der Waals surface area (Å²) in [5, 5.41) is 0.471. The molecule has 0 saturated heterocycles. The molecule has 0 aliphatic rings. The quantitative estimate of drug-likeness (QED) is 0.874. The highest BCUT2D eigenvalue weighted by atomic mass is 16.5. The molecule has 1 aromatic carbocycles. The summed E-state index contributed by atoms with van der Waals surface area (Å²) in [7, 11) is 3.09. The molecule has 17 heavy (non-hydrogen) atoms. The van der Waals surface area contributed by atoms with Crippen molar-refractivity contribution < 1.29 is 9.47 Å². The maximum Gasteiger partial charge on any atom is 0.259 e. The first-order valence-electron chi connectivity index (χ1n) is 5.34. The molecule has 2 rings (SSSR count). The van der Waals surface area contributed by atoms with E-state index in [1.807, 2.05) is 6.92 Å². The van der Waals surface area contributed by atoms with Gasteiger partial charge in [-0.2, -0.15) is 0 Å². The molecular formula is C12H14N2O3. The zero-order valence-electron chi connectivity index (χ0n) is 10.0. The number of aryl methyl sites for hydroxylation is 1. The van der Waals surface area contributed by atoms with Crippen LogP contribution in [0.3, 0.4) is 0 Å². The second-order valence-electron chi connectivity index (χ2n) is 3.59. The summed E-state index contributed by atoms with van der Waals surface area (Å²) in [5.41, 5.74) is 0.387. The molecule has 90 valence electrons. The molecule has 0 aliphatic carbocycles. The highest BCUT2D eigenvalue weighted by Gasteiger charge is 2.10. The third-order valence-electron chi connectivity index (χ3n) is 2.59. The number of nitrogens with zero attached hydrogens (tertiary/aromatic N) is 1. The highest BCUT2D eigenvalue weighted by molar-refractivity contribution is 5.85. The molecule has 0 atom stereocenters. The van der Waals surface area contributed by atoms with Crippen LogP contribution in [0.4, 0.5) is 0 Å². The second kappa shape index (κ2) is 4.45. The number of hydrogen-bond donors (Lipinski definition) is 1. The third kappa shape index (κ3) is 1.95. The average Bonchev–Trinajstić information content (AvgIpc) is 2.37. The van der Waals surface area contributed by atoms with Crippen LogP contribution in [0.15, 0.2) is 16.9 Å². The van der Waals surface area contributed by atoms with Crippen molar-refractivity contribution >= 4 is 10.9 Å². The fraction of sp³-hybridized carbons (Fsp3) is 0.333. The van der Waals surface area contributed by atoms with E-state index in [0.29, 0.717) is 34.6 Å². The van der Waals surface area contributed by atoms with Crippen LogP contribution in [0.25, 0.3) is 10.9 Å². The SMILES string of the molecule is CCc1nc2c(OC)cc(OC)cc2c(=O)[nH]1. The minimum Gasteiger partial charge on any atom is -0.497 e. The zero-order chi connectivity index (χ0) is 12.4. The van der Waals surface area contributed by atoms with Crippen LogP contribution in [0.2, 0.25) is 0 Å². The lowest BCUT2D eigenvalue weighted by Crippen LogP contribution is -2.12. The van der Waals surface area contributed by atoms with E-state index in [1.54, 1.807) is 26.4 Å². The van der Waals surface area contributed by atoms with Gasteiger partial charge < -0.3 is 14.5 Å². The van der Waals surface area contributed by atoms with E-state index in [4.69, 9.17) is 9.47 Å². The maximum atomic E-state index is 11.9. The van der Waals surface area contributed by atoms with Gasteiger partial charge >= 0.3 is 0 Å². The fourth-order valence-electron chi connectivity index (χ4n) is 1.67. The number of hydrogen-bond acceptors (Lipinski definition) is 4. The Bertz CT molecular complexity index is 604. The number of aromatic amines is 1. The molecule has 0 unspecified atom stereocenters. The molecule has 0 radical (unpaired) electrons. The Kier molecular flexibility index (Phi) is 2.99. The summed E-state index contributed by atoms with van der Waals surface area (Å²) in [4.78, 5) is 19.0. The summed E-state index contributed by atoms with van der Waals surface area (Å²) in [6.45, 7) is 1.93. The Hall–Kier alpha value is -2.04. The van der Waals surface area contributed by atoms with E-state index in [0.717, 1.165) is 0 Å². The van der Waals surface area contributed by atoms with Crippen LogP contribution >= 0.6 is 0 Å². The smallest absolute Gasteiger partial charge is 0.259 e. The van der Waals surface area contributed by atoms with Crippen molar-refractivity contribution in [2.75, 3.05) is 14.2 Å². The maximum absolute atomic E-state index is 11.9. The Morgan fingerprint density at radius 2 is 2.06 bits per heavy atom. The monoisotopic (exact) mass is 234 g/mol. The van der Waals surface area contributed by atoms with Gasteiger partial charge in [0.15, 0.2) is 0 Å². The summed E-state index contributed by atoms with van der Waals surface area (Å²) in [6.07, 6.45) is 0.667. The van der Waals surface area contributed by atoms with Crippen LogP contribution < -0.4 is 15.0 Å². The van der Waals surface area contributed by atoms with E-state index in [9.17, 15) is 4.79 Å². The largest absolute Gasteiger partial charge is 0.497 e. The van der Waals surface area contributed by atoms with Gasteiger partial charge in [0, 0.05) is 12.5 Å². The molecule has 0 fully saturated rings. The summed E-state index contributed by atoms with van der Waals surface area (Å²) >= 11 is 0. The van der Waals surface area contributed by atoms with Gasteiger partial charge in [-0.05, 0) is 6.07 Å². The Morgan fingerprint density at radius 3 is 2.65 bits per heavy atom. The number of rotatable bonds is 3. The van der Waals surface area contributed by atoms with Crippen molar-refractivity contribution in [2.45, 2.75) is 13.3 Å². The summed E-state index contributed by atoms with van der Waals surface area (Å²) in [5.74, 6) is 1.76. The Labute approximate surface area is 98.4 Å². The highest BCUT2D eigenvalue weighted by Crippen LogP contribution is 2.27. The van der Waals surface area contributed by atoms with Gasteiger partial charge in [-0.3, -0.25) is 4.79 Å². The number of nitrogens with one attached hydrogen (secondary N) is 1. The van der Waals surface area contributed by atoms with Crippen LogP contribution in [0.5, 0.6) is 11.5 Å². The number of fused-ring (bicyclic) bond motifs is 1. The third-order valence-corrected chi connectivity index (χ3v) is 2.59. The topological polar surface area (TPSA) is 64.2 Å². The molecule has 1 N–H and O–H groups in total. The van der Waals surface area contributed by atoms with E-state index >= 15 is 0 Å². The first-order valence-corrected chi connectivity index (χ1v) is 5.34. The lowest BCUT2D eigenvalue weighted by molar-refractivity contribution is 0.397. The molecule has 0 aliphatic heterocycles. The molecule has 0 spiro atoms. The lowest BCUT2D eigenvalue weighted by atomic mass is 10.2. The van der Waals surface area contributed by atoms with Crippen molar-refractivity contribution in [3.63, 3.8) is 0 Å². The first-order chi connectivity index (χ1) is 8.19. The van der Waals surface area contributed by atoms with E-state index in [1.165, 1.54) is 0 Å². The van der Waals surface area contributed by atoms with Crippen molar-refractivity contribution in [3.05, 3.63) is 28.3 Å². The van der Waals surface area contributed by atoms with E-state index < -0.39 is 0 Å². The molecule has 1 aromatic heterocycles. The molecule has 0 amide bonds. The van der Waals surface area contributed by atoms with Gasteiger partial charge in [0.05, 0.1) is 19.6 Å². The Morgan fingerprint density at radius 1 is 1.29 bits per heavy atom. The lowest BCUT2D eigenvalue weighted by Gasteiger charge is -2.08. The number of H-pyrrole nitrogens is 1. The average molecular weight is 234 g/mol. The molecule has 2 aromatic rings.